The van der Waals surface area contributed by atoms with Crippen molar-refractivity contribution in [1.82, 2.24) is 10.2 Å². The molecular formula is C24H21FN2O4. The van der Waals surface area contributed by atoms with Crippen molar-refractivity contribution in [3.8, 4) is 18.1 Å². The predicted molar refractivity (Wildman–Crippen MR) is 113 cm³/mol. The first-order valence-electron chi connectivity index (χ1n) is 9.81. The van der Waals surface area contributed by atoms with Gasteiger partial charge in [0.2, 0.25) is 11.7 Å². The molecule has 2 atom stereocenters. The van der Waals surface area contributed by atoms with Gasteiger partial charge in [-0.1, -0.05) is 36.3 Å². The summed E-state index contributed by atoms with van der Waals surface area (Å²) in [7, 11) is 0. The molecule has 4 rings (SSSR count). The number of hydrogen-bond donors (Lipinski definition) is 1. The second-order valence-corrected chi connectivity index (χ2v) is 7.66. The number of ether oxygens (including phenoxy) is 1. The van der Waals surface area contributed by atoms with Gasteiger partial charge in [-0.15, -0.1) is 6.42 Å². The van der Waals surface area contributed by atoms with E-state index in [0.29, 0.717) is 11.0 Å². The molecule has 2 aromatic carbocycles. The Morgan fingerprint density at radius 3 is 2.77 bits per heavy atom. The Balaban J connectivity index is 1.70. The average Bonchev–Trinajstić information content (AvgIpc) is 3.08. The van der Waals surface area contributed by atoms with Crippen LogP contribution < -0.4 is 10.1 Å². The number of nitrogens with one attached hydrogen (secondary N) is 1. The van der Waals surface area contributed by atoms with Gasteiger partial charge in [0.05, 0.1) is 18.0 Å². The monoisotopic (exact) mass is 420 g/mol. The van der Waals surface area contributed by atoms with Gasteiger partial charge in [-0.05, 0) is 37.6 Å². The predicted octanol–water partition coefficient (Wildman–Crippen LogP) is 3.68. The first-order chi connectivity index (χ1) is 14.8. The Morgan fingerprint density at radius 1 is 1.32 bits per heavy atom. The Labute approximate surface area is 179 Å². The SMILES string of the molecule is C#CCN1C(=O)c2oc3ccc(F)cc3c2OC[C@]1(C)C(=O)NC(C)c1ccccc1. The van der Waals surface area contributed by atoms with E-state index in [-0.39, 0.29) is 30.7 Å². The minimum Gasteiger partial charge on any atom is -0.486 e. The lowest BCUT2D eigenvalue weighted by atomic mass is 9.98. The van der Waals surface area contributed by atoms with E-state index < -0.39 is 23.2 Å². The molecule has 0 aliphatic carbocycles. The fraction of sp³-hybridized carbons (Fsp3) is 0.250. The van der Waals surface area contributed by atoms with Crippen LogP contribution in [0.5, 0.6) is 5.75 Å². The molecular weight excluding hydrogens is 399 g/mol. The molecule has 6 nitrogen and oxygen atoms in total. The van der Waals surface area contributed by atoms with Crippen LogP contribution >= 0.6 is 0 Å². The molecule has 0 bridgehead atoms. The van der Waals surface area contributed by atoms with Gasteiger partial charge in [-0.3, -0.25) is 9.59 Å². The van der Waals surface area contributed by atoms with E-state index >= 15 is 0 Å². The van der Waals surface area contributed by atoms with E-state index in [9.17, 15) is 14.0 Å². The summed E-state index contributed by atoms with van der Waals surface area (Å²) >= 11 is 0. The number of furan rings is 1. The summed E-state index contributed by atoms with van der Waals surface area (Å²) < 4.78 is 25.3. The van der Waals surface area contributed by atoms with Crippen molar-refractivity contribution in [1.29, 1.82) is 0 Å². The molecule has 3 aromatic rings. The lowest BCUT2D eigenvalue weighted by molar-refractivity contribution is -0.133. The topological polar surface area (TPSA) is 71.8 Å². The fourth-order valence-corrected chi connectivity index (χ4v) is 3.67. The minimum atomic E-state index is -1.41. The van der Waals surface area contributed by atoms with E-state index in [2.05, 4.69) is 11.2 Å². The molecule has 158 valence electrons. The number of carbonyl (C=O) groups excluding carboxylic acids is 2. The van der Waals surface area contributed by atoms with Crippen LogP contribution in [0.15, 0.2) is 52.9 Å². The molecule has 1 aliphatic heterocycles. The lowest BCUT2D eigenvalue weighted by Gasteiger charge is -2.37. The number of rotatable bonds is 4. The standard InChI is InChI=1S/C24H21FN2O4/c1-4-12-27-22(28)21-20(18-13-17(25)10-11-19(18)31-21)30-14-24(27,3)23(29)26-15(2)16-8-6-5-7-9-16/h1,5-11,13,15H,12,14H2,2-3H3,(H,26,29)/t15?,24-/m1/s1. The van der Waals surface area contributed by atoms with E-state index in [1.165, 1.54) is 23.1 Å². The Morgan fingerprint density at radius 2 is 2.06 bits per heavy atom. The van der Waals surface area contributed by atoms with Crippen LogP contribution in [0.25, 0.3) is 11.0 Å². The summed E-state index contributed by atoms with van der Waals surface area (Å²) in [6.07, 6.45) is 5.50. The van der Waals surface area contributed by atoms with Gasteiger partial charge in [0.15, 0.2) is 11.3 Å². The van der Waals surface area contributed by atoms with Crippen LogP contribution in [0.2, 0.25) is 0 Å². The van der Waals surface area contributed by atoms with Crippen molar-refractivity contribution in [2.75, 3.05) is 13.2 Å². The van der Waals surface area contributed by atoms with Gasteiger partial charge in [0.1, 0.15) is 18.0 Å². The molecule has 0 spiro atoms. The van der Waals surface area contributed by atoms with Gasteiger partial charge < -0.3 is 19.4 Å². The Bertz CT molecular complexity index is 1200. The molecule has 1 N–H and O–H groups in total. The van der Waals surface area contributed by atoms with E-state index in [1.54, 1.807) is 6.92 Å². The molecule has 0 saturated carbocycles. The number of amides is 2. The molecule has 0 fully saturated rings. The van der Waals surface area contributed by atoms with Crippen molar-refractivity contribution >= 4 is 22.8 Å². The first kappa shape index (κ1) is 20.5. The smallest absolute Gasteiger partial charge is 0.295 e. The summed E-state index contributed by atoms with van der Waals surface area (Å²) in [5, 5.41) is 3.26. The van der Waals surface area contributed by atoms with Crippen LogP contribution in [0, 0.1) is 18.2 Å². The highest BCUT2D eigenvalue weighted by Crippen LogP contribution is 2.38. The molecule has 0 radical (unpaired) electrons. The van der Waals surface area contributed by atoms with Crippen molar-refractivity contribution < 1.29 is 23.1 Å². The van der Waals surface area contributed by atoms with Gasteiger partial charge >= 0.3 is 0 Å². The average molecular weight is 420 g/mol. The maximum absolute atomic E-state index is 13.8. The molecule has 0 saturated heterocycles. The van der Waals surface area contributed by atoms with Crippen molar-refractivity contribution in [2.24, 2.45) is 0 Å². The number of terminal acetylenes is 1. The molecule has 1 aromatic heterocycles. The molecule has 31 heavy (non-hydrogen) atoms. The molecule has 7 heteroatoms. The van der Waals surface area contributed by atoms with Gasteiger partial charge in [-0.25, -0.2) is 4.39 Å². The third-order valence-electron chi connectivity index (χ3n) is 5.52. The Hall–Kier alpha value is -3.79. The zero-order valence-corrected chi connectivity index (χ0v) is 17.1. The maximum atomic E-state index is 13.8. The number of nitrogens with zero attached hydrogens (tertiary/aromatic N) is 1. The second-order valence-electron chi connectivity index (χ2n) is 7.66. The summed E-state index contributed by atoms with van der Waals surface area (Å²) in [4.78, 5) is 27.9. The third-order valence-corrected chi connectivity index (χ3v) is 5.52. The van der Waals surface area contributed by atoms with E-state index in [4.69, 9.17) is 15.6 Å². The van der Waals surface area contributed by atoms with Crippen molar-refractivity contribution in [2.45, 2.75) is 25.4 Å². The van der Waals surface area contributed by atoms with Crippen LogP contribution in [0.3, 0.4) is 0 Å². The summed E-state index contributed by atoms with van der Waals surface area (Å²) in [6.45, 7) is 3.13. The highest BCUT2D eigenvalue weighted by molar-refractivity contribution is 6.04. The van der Waals surface area contributed by atoms with Crippen LogP contribution in [-0.4, -0.2) is 35.4 Å². The summed E-state index contributed by atoms with van der Waals surface area (Å²) in [5.41, 5.74) is -0.184. The molecule has 2 heterocycles. The largest absolute Gasteiger partial charge is 0.486 e. The van der Waals surface area contributed by atoms with Crippen molar-refractivity contribution in [3.63, 3.8) is 0 Å². The van der Waals surface area contributed by atoms with E-state index in [0.717, 1.165) is 5.56 Å². The second kappa shape index (κ2) is 7.80. The quantitative estimate of drug-likeness (QED) is 0.654. The zero-order chi connectivity index (χ0) is 22.2. The van der Waals surface area contributed by atoms with Gasteiger partial charge in [0, 0.05) is 0 Å². The Kier molecular flexibility index (Phi) is 5.15. The number of hydrogen-bond acceptors (Lipinski definition) is 4. The fourth-order valence-electron chi connectivity index (χ4n) is 3.67. The maximum Gasteiger partial charge on any atom is 0.295 e. The molecule has 1 unspecified atom stereocenters. The van der Waals surface area contributed by atoms with Crippen LogP contribution in [-0.2, 0) is 4.79 Å². The number of halogens is 1. The highest BCUT2D eigenvalue weighted by Gasteiger charge is 2.48. The number of benzene rings is 2. The summed E-state index contributed by atoms with van der Waals surface area (Å²) in [6, 6.07) is 13.0. The number of carbonyl (C=O) groups is 2. The zero-order valence-electron chi connectivity index (χ0n) is 17.1. The minimum absolute atomic E-state index is 0.106. The normalized spacial score (nSPS) is 19.2. The molecule has 1 aliphatic rings. The first-order valence-corrected chi connectivity index (χ1v) is 9.81. The van der Waals surface area contributed by atoms with Gasteiger partial charge in [0.25, 0.3) is 5.91 Å². The lowest BCUT2D eigenvalue weighted by Crippen LogP contribution is -2.61. The molecule has 2 amide bonds. The van der Waals surface area contributed by atoms with Crippen LogP contribution in [0.1, 0.15) is 36.0 Å². The number of fused-ring (bicyclic) bond motifs is 3. The van der Waals surface area contributed by atoms with Crippen LogP contribution in [0.4, 0.5) is 4.39 Å². The van der Waals surface area contributed by atoms with Gasteiger partial charge in [-0.2, -0.15) is 0 Å². The summed E-state index contributed by atoms with van der Waals surface area (Å²) in [5.74, 6) is 0.925. The third kappa shape index (κ3) is 3.50. The highest BCUT2D eigenvalue weighted by atomic mass is 19.1. The van der Waals surface area contributed by atoms with E-state index in [1.807, 2.05) is 37.3 Å². The van der Waals surface area contributed by atoms with Crippen molar-refractivity contribution in [3.05, 3.63) is 65.7 Å².